The van der Waals surface area contributed by atoms with Gasteiger partial charge in [0, 0.05) is 18.6 Å². The fourth-order valence-corrected chi connectivity index (χ4v) is 3.41. The van der Waals surface area contributed by atoms with Crippen molar-refractivity contribution in [2.75, 3.05) is 20.1 Å². The van der Waals surface area contributed by atoms with E-state index in [0.29, 0.717) is 6.04 Å². The van der Waals surface area contributed by atoms with Crippen LogP contribution in [0.4, 0.5) is 0 Å². The molecule has 2 aliphatic rings. The van der Waals surface area contributed by atoms with Crippen LogP contribution < -0.4 is 5.32 Å². The van der Waals surface area contributed by atoms with Crippen LogP contribution in [0.2, 0.25) is 0 Å². The molecule has 1 heterocycles. The molecule has 1 aromatic rings. The fourth-order valence-electron chi connectivity index (χ4n) is 3.41. The molecule has 2 unspecified atom stereocenters. The Balaban J connectivity index is 1.53. The maximum absolute atomic E-state index is 3.79. The van der Waals surface area contributed by atoms with Gasteiger partial charge in [0.2, 0.25) is 0 Å². The van der Waals surface area contributed by atoms with Crippen LogP contribution in [0.3, 0.4) is 0 Å². The molecule has 1 aliphatic carbocycles. The number of aryl methyl sites for hydroxylation is 1. The SMILES string of the molecule is CN1CCCC1CNC1CCc2ccccc2C1. The van der Waals surface area contributed by atoms with Crippen molar-refractivity contribution in [3.8, 4) is 0 Å². The number of fused-ring (bicyclic) bond motifs is 1. The Bertz CT molecular complexity index is 402. The van der Waals surface area contributed by atoms with Crippen LogP contribution in [-0.4, -0.2) is 37.1 Å². The number of nitrogens with one attached hydrogen (secondary N) is 1. The van der Waals surface area contributed by atoms with E-state index in [9.17, 15) is 0 Å². The monoisotopic (exact) mass is 244 g/mol. The third kappa shape index (κ3) is 2.60. The molecule has 2 nitrogen and oxygen atoms in total. The zero-order chi connectivity index (χ0) is 12.4. The van der Waals surface area contributed by atoms with Crippen molar-refractivity contribution in [3.05, 3.63) is 35.4 Å². The standard InChI is InChI=1S/C16H24N2/c1-18-10-4-7-16(18)12-17-15-9-8-13-5-2-3-6-14(13)11-15/h2-3,5-6,15-17H,4,7-12H2,1H3. The van der Waals surface area contributed by atoms with Gasteiger partial charge in [0.05, 0.1) is 0 Å². The van der Waals surface area contributed by atoms with Gasteiger partial charge in [-0.2, -0.15) is 0 Å². The number of hydrogen-bond donors (Lipinski definition) is 1. The zero-order valence-electron chi connectivity index (χ0n) is 11.4. The van der Waals surface area contributed by atoms with Crippen molar-refractivity contribution in [1.29, 1.82) is 0 Å². The van der Waals surface area contributed by atoms with E-state index in [-0.39, 0.29) is 0 Å². The molecule has 0 bridgehead atoms. The number of likely N-dealkylation sites (N-methyl/N-ethyl adjacent to an activating group) is 1. The van der Waals surface area contributed by atoms with Crippen molar-refractivity contribution in [2.45, 2.75) is 44.2 Å². The Morgan fingerprint density at radius 2 is 2.06 bits per heavy atom. The maximum atomic E-state index is 3.79. The van der Waals surface area contributed by atoms with Crippen LogP contribution in [0, 0.1) is 0 Å². The first-order chi connectivity index (χ1) is 8.83. The van der Waals surface area contributed by atoms with Crippen LogP contribution in [-0.2, 0) is 12.8 Å². The molecule has 1 saturated heterocycles. The molecule has 1 aliphatic heterocycles. The van der Waals surface area contributed by atoms with Gasteiger partial charge in [-0.1, -0.05) is 24.3 Å². The normalized spacial score (nSPS) is 28.3. The Labute approximate surface area is 110 Å². The highest BCUT2D eigenvalue weighted by Crippen LogP contribution is 2.21. The molecule has 0 spiro atoms. The number of rotatable bonds is 3. The molecular weight excluding hydrogens is 220 g/mol. The summed E-state index contributed by atoms with van der Waals surface area (Å²) in [4.78, 5) is 2.50. The molecule has 18 heavy (non-hydrogen) atoms. The molecule has 1 fully saturated rings. The number of hydrogen-bond acceptors (Lipinski definition) is 2. The molecule has 1 N–H and O–H groups in total. The molecule has 3 rings (SSSR count). The molecule has 1 aromatic carbocycles. The van der Waals surface area contributed by atoms with Crippen LogP contribution >= 0.6 is 0 Å². The first kappa shape index (κ1) is 12.2. The molecule has 98 valence electrons. The maximum Gasteiger partial charge on any atom is 0.0218 e. The minimum absolute atomic E-state index is 0.689. The number of benzene rings is 1. The zero-order valence-corrected chi connectivity index (χ0v) is 11.4. The van der Waals surface area contributed by atoms with Crippen molar-refractivity contribution in [1.82, 2.24) is 10.2 Å². The van der Waals surface area contributed by atoms with Crippen LogP contribution in [0.25, 0.3) is 0 Å². The Morgan fingerprint density at radius 3 is 2.83 bits per heavy atom. The van der Waals surface area contributed by atoms with E-state index < -0.39 is 0 Å². The van der Waals surface area contributed by atoms with E-state index in [0.717, 1.165) is 6.04 Å². The first-order valence-corrected chi connectivity index (χ1v) is 7.33. The summed E-state index contributed by atoms with van der Waals surface area (Å²) in [6.07, 6.45) is 6.50. The average Bonchev–Trinajstić information content (AvgIpc) is 2.82. The topological polar surface area (TPSA) is 15.3 Å². The molecule has 0 amide bonds. The summed E-state index contributed by atoms with van der Waals surface area (Å²) in [5.41, 5.74) is 3.12. The van der Waals surface area contributed by atoms with Gasteiger partial charge in [0.1, 0.15) is 0 Å². The summed E-state index contributed by atoms with van der Waals surface area (Å²) < 4.78 is 0. The fraction of sp³-hybridized carbons (Fsp3) is 0.625. The molecule has 2 atom stereocenters. The third-order valence-corrected chi connectivity index (χ3v) is 4.66. The molecule has 2 heteroatoms. The summed E-state index contributed by atoms with van der Waals surface area (Å²) in [6, 6.07) is 10.4. The Hall–Kier alpha value is -0.860. The van der Waals surface area contributed by atoms with Gasteiger partial charge in [0.15, 0.2) is 0 Å². The highest BCUT2D eigenvalue weighted by atomic mass is 15.2. The van der Waals surface area contributed by atoms with E-state index in [4.69, 9.17) is 0 Å². The van der Waals surface area contributed by atoms with Crippen molar-refractivity contribution in [2.24, 2.45) is 0 Å². The van der Waals surface area contributed by atoms with E-state index >= 15 is 0 Å². The van der Waals surface area contributed by atoms with Gasteiger partial charge < -0.3 is 10.2 Å². The molecular formula is C16H24N2. The highest BCUT2D eigenvalue weighted by Gasteiger charge is 2.23. The summed E-state index contributed by atoms with van der Waals surface area (Å²) in [7, 11) is 2.26. The van der Waals surface area contributed by atoms with E-state index in [1.165, 1.54) is 45.2 Å². The lowest BCUT2D eigenvalue weighted by atomic mass is 9.88. The van der Waals surface area contributed by atoms with Crippen molar-refractivity contribution in [3.63, 3.8) is 0 Å². The first-order valence-electron chi connectivity index (χ1n) is 7.33. The summed E-state index contributed by atoms with van der Waals surface area (Å²) in [5.74, 6) is 0. The summed E-state index contributed by atoms with van der Waals surface area (Å²) in [6.45, 7) is 2.45. The summed E-state index contributed by atoms with van der Waals surface area (Å²) >= 11 is 0. The van der Waals surface area contributed by atoms with Gasteiger partial charge >= 0.3 is 0 Å². The van der Waals surface area contributed by atoms with Gasteiger partial charge in [-0.15, -0.1) is 0 Å². The largest absolute Gasteiger partial charge is 0.312 e. The lowest BCUT2D eigenvalue weighted by molar-refractivity contribution is 0.286. The second-order valence-electron chi connectivity index (χ2n) is 5.89. The minimum atomic E-state index is 0.689. The lowest BCUT2D eigenvalue weighted by Gasteiger charge is -2.28. The summed E-state index contributed by atoms with van der Waals surface area (Å²) in [5, 5.41) is 3.79. The van der Waals surface area contributed by atoms with Crippen molar-refractivity contribution >= 4 is 0 Å². The molecule has 0 aromatic heterocycles. The Kier molecular flexibility index (Phi) is 3.67. The predicted molar refractivity (Wildman–Crippen MR) is 75.9 cm³/mol. The number of likely N-dealkylation sites (tertiary alicyclic amines) is 1. The van der Waals surface area contributed by atoms with E-state index in [1.54, 1.807) is 11.1 Å². The van der Waals surface area contributed by atoms with Gasteiger partial charge in [0.25, 0.3) is 0 Å². The van der Waals surface area contributed by atoms with E-state index in [2.05, 4.69) is 41.5 Å². The molecule has 0 radical (unpaired) electrons. The Morgan fingerprint density at radius 1 is 1.22 bits per heavy atom. The lowest BCUT2D eigenvalue weighted by Crippen LogP contribution is -2.42. The predicted octanol–water partition coefficient (Wildman–Crippen LogP) is 2.23. The van der Waals surface area contributed by atoms with Crippen LogP contribution in [0.15, 0.2) is 24.3 Å². The second kappa shape index (κ2) is 5.41. The third-order valence-electron chi connectivity index (χ3n) is 4.66. The van der Waals surface area contributed by atoms with Gasteiger partial charge in [-0.05, 0) is 56.8 Å². The van der Waals surface area contributed by atoms with Gasteiger partial charge in [-0.25, -0.2) is 0 Å². The van der Waals surface area contributed by atoms with E-state index in [1.807, 2.05) is 0 Å². The second-order valence-corrected chi connectivity index (χ2v) is 5.89. The minimum Gasteiger partial charge on any atom is -0.312 e. The average molecular weight is 244 g/mol. The van der Waals surface area contributed by atoms with Gasteiger partial charge in [-0.3, -0.25) is 0 Å². The smallest absolute Gasteiger partial charge is 0.0218 e. The number of nitrogens with zero attached hydrogens (tertiary/aromatic N) is 1. The van der Waals surface area contributed by atoms with Crippen LogP contribution in [0.1, 0.15) is 30.4 Å². The van der Waals surface area contributed by atoms with Crippen LogP contribution in [0.5, 0.6) is 0 Å². The molecule has 0 saturated carbocycles. The quantitative estimate of drug-likeness (QED) is 0.877. The van der Waals surface area contributed by atoms with Crippen molar-refractivity contribution < 1.29 is 0 Å². The highest BCUT2D eigenvalue weighted by molar-refractivity contribution is 5.30.